The van der Waals surface area contributed by atoms with Crippen LogP contribution in [0.5, 0.6) is 0 Å². The molecule has 0 heteroatoms. The van der Waals surface area contributed by atoms with E-state index in [1.807, 2.05) is 0 Å². The highest BCUT2D eigenvalue weighted by Gasteiger charge is 2.12. The second kappa shape index (κ2) is 4.65. The summed E-state index contributed by atoms with van der Waals surface area (Å²) in [6.07, 6.45) is 9.79. The standard InChI is InChI=1S/C15H19/c1-3-4-5-7-13-8-6-9-14-10-12(2)11-15(13)14/h6,8-11H,3-5,7H2,1-2H3. The van der Waals surface area contributed by atoms with Gasteiger partial charge in [0.2, 0.25) is 0 Å². The molecule has 0 bridgehead atoms. The monoisotopic (exact) mass is 199 g/mol. The van der Waals surface area contributed by atoms with Crippen molar-refractivity contribution in [2.24, 2.45) is 0 Å². The molecule has 1 aliphatic carbocycles. The van der Waals surface area contributed by atoms with E-state index in [-0.39, 0.29) is 0 Å². The third-order valence-corrected chi connectivity index (χ3v) is 3.03. The van der Waals surface area contributed by atoms with Gasteiger partial charge in [0, 0.05) is 6.42 Å². The molecule has 0 heterocycles. The first-order valence-electron chi connectivity index (χ1n) is 5.96. The predicted octanol–water partition coefficient (Wildman–Crippen LogP) is 4.39. The molecule has 2 rings (SSSR count). The van der Waals surface area contributed by atoms with E-state index in [1.165, 1.54) is 47.9 Å². The van der Waals surface area contributed by atoms with E-state index in [2.05, 4.69) is 44.5 Å². The number of hydrogen-bond donors (Lipinski definition) is 0. The predicted molar refractivity (Wildman–Crippen MR) is 66.7 cm³/mol. The van der Waals surface area contributed by atoms with Crippen LogP contribution in [0, 0.1) is 6.42 Å². The Hall–Kier alpha value is -1.04. The van der Waals surface area contributed by atoms with Crippen molar-refractivity contribution >= 4 is 6.08 Å². The van der Waals surface area contributed by atoms with Gasteiger partial charge in [-0.2, -0.15) is 0 Å². The number of benzene rings is 1. The Morgan fingerprint density at radius 3 is 2.80 bits per heavy atom. The Kier molecular flexibility index (Phi) is 3.25. The summed E-state index contributed by atoms with van der Waals surface area (Å²) in [7, 11) is 0. The summed E-state index contributed by atoms with van der Waals surface area (Å²) in [5.41, 5.74) is 5.77. The van der Waals surface area contributed by atoms with Crippen LogP contribution in [0.15, 0.2) is 23.8 Å². The lowest BCUT2D eigenvalue weighted by Crippen LogP contribution is -1.91. The summed E-state index contributed by atoms with van der Waals surface area (Å²) in [4.78, 5) is 0. The lowest BCUT2D eigenvalue weighted by atomic mass is 9.99. The van der Waals surface area contributed by atoms with Crippen molar-refractivity contribution in [3.63, 3.8) is 0 Å². The van der Waals surface area contributed by atoms with Crippen molar-refractivity contribution in [3.8, 4) is 0 Å². The molecule has 0 aromatic heterocycles. The summed E-state index contributed by atoms with van der Waals surface area (Å²) in [5.74, 6) is 0. The highest BCUT2D eigenvalue weighted by atomic mass is 14.2. The van der Waals surface area contributed by atoms with Crippen LogP contribution in [0.4, 0.5) is 0 Å². The molecule has 0 saturated heterocycles. The first-order valence-corrected chi connectivity index (χ1v) is 5.96. The van der Waals surface area contributed by atoms with Gasteiger partial charge in [0.15, 0.2) is 0 Å². The molecule has 79 valence electrons. The molecular formula is C15H19. The molecule has 0 unspecified atom stereocenters. The largest absolute Gasteiger partial charge is 0.0654 e. The molecule has 1 aliphatic rings. The minimum absolute atomic E-state index is 1.23. The fraction of sp³-hybridized carbons (Fsp3) is 0.400. The van der Waals surface area contributed by atoms with Crippen LogP contribution >= 0.6 is 0 Å². The molecule has 0 aliphatic heterocycles. The molecule has 1 radical (unpaired) electrons. The molecule has 15 heavy (non-hydrogen) atoms. The third-order valence-electron chi connectivity index (χ3n) is 3.03. The summed E-state index contributed by atoms with van der Waals surface area (Å²) in [5, 5.41) is 0. The second-order valence-electron chi connectivity index (χ2n) is 4.41. The zero-order valence-electron chi connectivity index (χ0n) is 9.72. The summed E-state index contributed by atoms with van der Waals surface area (Å²) in [6.45, 7) is 4.43. The molecule has 0 amide bonds. The highest BCUT2D eigenvalue weighted by molar-refractivity contribution is 5.71. The number of unbranched alkanes of at least 4 members (excludes halogenated alkanes) is 2. The second-order valence-corrected chi connectivity index (χ2v) is 4.41. The van der Waals surface area contributed by atoms with Gasteiger partial charge in [-0.3, -0.25) is 0 Å². The van der Waals surface area contributed by atoms with Crippen molar-refractivity contribution in [1.29, 1.82) is 0 Å². The van der Waals surface area contributed by atoms with Crippen LogP contribution in [0.1, 0.15) is 49.8 Å². The van der Waals surface area contributed by atoms with Gasteiger partial charge in [0.1, 0.15) is 0 Å². The number of hydrogen-bond acceptors (Lipinski definition) is 0. The maximum absolute atomic E-state index is 2.32. The summed E-state index contributed by atoms with van der Waals surface area (Å²) < 4.78 is 0. The van der Waals surface area contributed by atoms with Gasteiger partial charge in [-0.05, 0) is 36.5 Å². The van der Waals surface area contributed by atoms with Gasteiger partial charge in [0.05, 0.1) is 0 Å². The van der Waals surface area contributed by atoms with Crippen LogP contribution in [0.25, 0.3) is 6.08 Å². The summed E-state index contributed by atoms with van der Waals surface area (Å²) >= 11 is 0. The van der Waals surface area contributed by atoms with Gasteiger partial charge in [-0.25, -0.2) is 0 Å². The Morgan fingerprint density at radius 1 is 1.13 bits per heavy atom. The lowest BCUT2D eigenvalue weighted by Gasteiger charge is -2.06. The van der Waals surface area contributed by atoms with Gasteiger partial charge >= 0.3 is 0 Å². The molecule has 1 aromatic carbocycles. The van der Waals surface area contributed by atoms with Gasteiger partial charge in [0.25, 0.3) is 0 Å². The Morgan fingerprint density at radius 2 is 2.00 bits per heavy atom. The van der Waals surface area contributed by atoms with Gasteiger partial charge < -0.3 is 0 Å². The zero-order chi connectivity index (χ0) is 10.7. The van der Waals surface area contributed by atoms with Crippen LogP contribution < -0.4 is 0 Å². The molecule has 0 atom stereocenters. The molecular weight excluding hydrogens is 180 g/mol. The molecule has 0 spiro atoms. The SMILES string of the molecule is CCCCCc1cccc2c1C=C(C)[CH]2. The van der Waals surface area contributed by atoms with E-state index in [0.717, 1.165) is 0 Å². The highest BCUT2D eigenvalue weighted by Crippen LogP contribution is 2.29. The molecule has 0 nitrogen and oxygen atoms in total. The first-order chi connectivity index (χ1) is 7.31. The van der Waals surface area contributed by atoms with Crippen molar-refractivity contribution in [3.05, 3.63) is 46.9 Å². The third kappa shape index (κ3) is 2.31. The number of fused-ring (bicyclic) bond motifs is 1. The molecule has 0 N–H and O–H groups in total. The quantitative estimate of drug-likeness (QED) is 0.631. The molecule has 0 fully saturated rings. The van der Waals surface area contributed by atoms with Crippen molar-refractivity contribution in [1.82, 2.24) is 0 Å². The van der Waals surface area contributed by atoms with Crippen molar-refractivity contribution in [2.75, 3.05) is 0 Å². The van der Waals surface area contributed by atoms with Crippen LogP contribution in [-0.2, 0) is 6.42 Å². The van der Waals surface area contributed by atoms with E-state index < -0.39 is 0 Å². The van der Waals surface area contributed by atoms with E-state index in [0.29, 0.717) is 0 Å². The zero-order valence-corrected chi connectivity index (χ0v) is 9.72. The minimum Gasteiger partial charge on any atom is -0.0654 e. The Bertz CT molecular complexity index is 372. The average Bonchev–Trinajstić information content (AvgIpc) is 2.59. The maximum Gasteiger partial charge on any atom is 0.0161 e. The van der Waals surface area contributed by atoms with E-state index in [4.69, 9.17) is 0 Å². The number of allylic oxidation sites excluding steroid dienone is 1. The fourth-order valence-electron chi connectivity index (χ4n) is 2.23. The van der Waals surface area contributed by atoms with E-state index >= 15 is 0 Å². The number of aryl methyl sites for hydroxylation is 1. The smallest absolute Gasteiger partial charge is 0.0161 e. The van der Waals surface area contributed by atoms with E-state index in [9.17, 15) is 0 Å². The lowest BCUT2D eigenvalue weighted by molar-refractivity contribution is 0.717. The van der Waals surface area contributed by atoms with Gasteiger partial charge in [-0.15, -0.1) is 0 Å². The van der Waals surface area contributed by atoms with E-state index in [1.54, 1.807) is 0 Å². The van der Waals surface area contributed by atoms with Crippen LogP contribution in [0.2, 0.25) is 0 Å². The normalized spacial score (nSPS) is 13.9. The molecule has 1 aromatic rings. The number of rotatable bonds is 4. The van der Waals surface area contributed by atoms with Gasteiger partial charge in [-0.1, -0.05) is 49.6 Å². The maximum atomic E-state index is 2.32. The van der Waals surface area contributed by atoms with Crippen LogP contribution in [-0.4, -0.2) is 0 Å². The average molecular weight is 199 g/mol. The molecule has 0 saturated carbocycles. The fourth-order valence-corrected chi connectivity index (χ4v) is 2.23. The summed E-state index contributed by atoms with van der Waals surface area (Å²) in [6, 6.07) is 6.67. The first kappa shape index (κ1) is 10.5. The van der Waals surface area contributed by atoms with Crippen molar-refractivity contribution < 1.29 is 0 Å². The minimum atomic E-state index is 1.23. The topological polar surface area (TPSA) is 0 Å². The van der Waals surface area contributed by atoms with Crippen LogP contribution in [0.3, 0.4) is 0 Å². The Balaban J connectivity index is 2.15. The Labute approximate surface area is 93.0 Å². The van der Waals surface area contributed by atoms with Crippen molar-refractivity contribution in [2.45, 2.75) is 39.5 Å².